The largest absolute Gasteiger partial charge is 0.492 e. The van der Waals surface area contributed by atoms with Gasteiger partial charge in [-0.1, -0.05) is 42.2 Å². The summed E-state index contributed by atoms with van der Waals surface area (Å²) >= 11 is 0. The number of carbonyl (C=O) groups is 5. The standard InChI is InChI=1S/C47H53N9O7/c1-29-25-32(10-9-31-7-5-4-6-8-31)11-14-35(29)44(58)54-38(17-18-48)47(61)56(3)42-34-13-16-41(63-24-21-51)37(28-34)36-26-33(12-15-40(36)62-23-20-50)27-39(45(59)52-22-19-49)55-43(57)30(2)53-46(42)60/h4-8,11-16,25-26,28,30,38-39,42H,17-18,20-24,27,48,50-51H2,1-3H3,(H,52,59)(H,53,60)(H,54,58)(H,55,57)/t30-,38-,39-,42-/m0/s1. The Morgan fingerprint density at radius 2 is 1.51 bits per heavy atom. The van der Waals surface area contributed by atoms with Crippen molar-refractivity contribution >= 4 is 29.5 Å². The normalized spacial score (nSPS) is 16.3. The Labute approximate surface area is 366 Å². The maximum Gasteiger partial charge on any atom is 0.252 e. The summed E-state index contributed by atoms with van der Waals surface area (Å²) in [6.45, 7) is 3.62. The number of likely N-dealkylation sites (N-methyl/N-ethyl adjacent to an activating group) is 1. The second kappa shape index (κ2) is 22.6. The molecule has 0 fully saturated rings. The number of rotatable bonds is 14. The van der Waals surface area contributed by atoms with Gasteiger partial charge in [-0.05, 0) is 98.1 Å². The highest BCUT2D eigenvalue weighted by Crippen LogP contribution is 2.40. The number of hydrogen-bond donors (Lipinski definition) is 7. The third-order valence-corrected chi connectivity index (χ3v) is 10.2. The molecular formula is C47H53N9O7. The number of benzene rings is 4. The fraction of sp³-hybridized carbons (Fsp3) is 0.319. The van der Waals surface area contributed by atoms with Crippen LogP contribution in [-0.2, 0) is 25.6 Å². The van der Waals surface area contributed by atoms with Crippen LogP contribution in [0.3, 0.4) is 0 Å². The van der Waals surface area contributed by atoms with Crippen LogP contribution in [0.2, 0.25) is 0 Å². The lowest BCUT2D eigenvalue weighted by Crippen LogP contribution is -2.56. The molecule has 4 aromatic rings. The van der Waals surface area contributed by atoms with Gasteiger partial charge in [0.15, 0.2) is 0 Å². The van der Waals surface area contributed by atoms with Crippen molar-refractivity contribution < 1.29 is 33.4 Å². The molecule has 0 unspecified atom stereocenters. The van der Waals surface area contributed by atoms with E-state index in [-0.39, 0.29) is 52.2 Å². The zero-order valence-corrected chi connectivity index (χ0v) is 35.5. The maximum atomic E-state index is 14.6. The number of hydrogen-bond acceptors (Lipinski definition) is 11. The summed E-state index contributed by atoms with van der Waals surface area (Å²) in [5.41, 5.74) is 22.0. The fourth-order valence-electron chi connectivity index (χ4n) is 7.03. The minimum Gasteiger partial charge on any atom is -0.492 e. The number of aryl methyl sites for hydroxylation is 1. The number of amides is 5. The molecule has 0 spiro atoms. The van der Waals surface area contributed by atoms with E-state index >= 15 is 0 Å². The van der Waals surface area contributed by atoms with E-state index in [1.165, 1.54) is 18.9 Å². The van der Waals surface area contributed by atoms with Gasteiger partial charge in [-0.15, -0.1) is 0 Å². The summed E-state index contributed by atoms with van der Waals surface area (Å²) < 4.78 is 12.2. The lowest BCUT2D eigenvalue weighted by atomic mass is 9.93. The molecule has 0 saturated carbocycles. The van der Waals surface area contributed by atoms with E-state index in [1.807, 2.05) is 36.4 Å². The summed E-state index contributed by atoms with van der Waals surface area (Å²) in [6, 6.07) is 21.8. The van der Waals surface area contributed by atoms with Gasteiger partial charge in [0, 0.05) is 54.4 Å². The molecule has 1 heterocycles. The van der Waals surface area contributed by atoms with Crippen molar-refractivity contribution in [3.63, 3.8) is 0 Å². The maximum absolute atomic E-state index is 14.6. The minimum atomic E-state index is -1.38. The quantitative estimate of drug-likeness (QED) is 0.0708. The molecule has 5 amide bonds. The molecule has 63 heavy (non-hydrogen) atoms. The molecule has 328 valence electrons. The van der Waals surface area contributed by atoms with Crippen LogP contribution in [0.15, 0.2) is 84.9 Å². The first-order valence-electron chi connectivity index (χ1n) is 20.5. The minimum absolute atomic E-state index is 0.00661. The molecule has 4 aromatic carbocycles. The predicted molar refractivity (Wildman–Crippen MR) is 237 cm³/mol. The Morgan fingerprint density at radius 1 is 0.841 bits per heavy atom. The number of nitrogens with two attached hydrogens (primary N) is 3. The van der Waals surface area contributed by atoms with Gasteiger partial charge < -0.3 is 52.8 Å². The van der Waals surface area contributed by atoms with E-state index in [2.05, 4.69) is 33.1 Å². The van der Waals surface area contributed by atoms with Crippen molar-refractivity contribution in [3.8, 4) is 40.5 Å². The van der Waals surface area contributed by atoms with Gasteiger partial charge in [-0.2, -0.15) is 5.26 Å². The molecule has 4 bridgehead atoms. The second-order valence-electron chi connectivity index (χ2n) is 14.8. The molecule has 0 saturated heterocycles. The average Bonchev–Trinajstić information content (AvgIpc) is 3.28. The number of ether oxygens (including phenoxy) is 2. The molecule has 5 rings (SSSR count). The Morgan fingerprint density at radius 3 is 2.16 bits per heavy atom. The smallest absolute Gasteiger partial charge is 0.252 e. The lowest BCUT2D eigenvalue weighted by molar-refractivity contribution is -0.141. The first-order valence-corrected chi connectivity index (χ1v) is 20.5. The van der Waals surface area contributed by atoms with Gasteiger partial charge in [0.1, 0.15) is 55.4 Å². The van der Waals surface area contributed by atoms with E-state index < -0.39 is 53.7 Å². The van der Waals surface area contributed by atoms with Crippen molar-refractivity contribution in [3.05, 3.63) is 118 Å². The van der Waals surface area contributed by atoms with E-state index in [0.29, 0.717) is 50.4 Å². The van der Waals surface area contributed by atoms with Crippen LogP contribution < -0.4 is 47.9 Å². The van der Waals surface area contributed by atoms with Gasteiger partial charge in [-0.25, -0.2) is 0 Å². The van der Waals surface area contributed by atoms with Gasteiger partial charge in [0.2, 0.25) is 23.6 Å². The van der Waals surface area contributed by atoms with E-state index in [9.17, 15) is 24.0 Å². The molecule has 1 aliphatic heterocycles. The summed E-state index contributed by atoms with van der Waals surface area (Å²) in [4.78, 5) is 71.1. The van der Waals surface area contributed by atoms with Crippen LogP contribution in [0.4, 0.5) is 0 Å². The highest BCUT2D eigenvalue weighted by molar-refractivity contribution is 6.00. The third-order valence-electron chi connectivity index (χ3n) is 10.2. The molecular weight excluding hydrogens is 803 g/mol. The van der Waals surface area contributed by atoms with Crippen molar-refractivity contribution in [1.82, 2.24) is 26.2 Å². The van der Waals surface area contributed by atoms with Crippen LogP contribution in [0.25, 0.3) is 11.1 Å². The Kier molecular flexibility index (Phi) is 16.8. The monoisotopic (exact) mass is 855 g/mol. The van der Waals surface area contributed by atoms with Gasteiger partial charge in [-0.3, -0.25) is 24.0 Å². The number of nitriles is 1. The van der Waals surface area contributed by atoms with Crippen molar-refractivity contribution in [2.75, 3.05) is 46.4 Å². The molecule has 10 N–H and O–H groups in total. The van der Waals surface area contributed by atoms with Crippen molar-refractivity contribution in [2.45, 2.75) is 50.9 Å². The Balaban J connectivity index is 1.56. The van der Waals surface area contributed by atoms with Crippen LogP contribution in [0.5, 0.6) is 11.5 Å². The lowest BCUT2D eigenvalue weighted by Gasteiger charge is -2.32. The van der Waals surface area contributed by atoms with Crippen molar-refractivity contribution in [1.29, 1.82) is 5.26 Å². The predicted octanol–water partition coefficient (Wildman–Crippen LogP) is 1.57. The zero-order chi connectivity index (χ0) is 45.5. The Bertz CT molecular complexity index is 2410. The van der Waals surface area contributed by atoms with Crippen LogP contribution in [-0.4, -0.2) is 99.0 Å². The van der Waals surface area contributed by atoms with Crippen molar-refractivity contribution in [2.24, 2.45) is 17.2 Å². The van der Waals surface area contributed by atoms with Gasteiger partial charge in [0.25, 0.3) is 5.91 Å². The molecule has 0 aromatic heterocycles. The molecule has 1 aliphatic rings. The van der Waals surface area contributed by atoms with E-state index in [0.717, 1.165) is 5.56 Å². The van der Waals surface area contributed by atoms with Gasteiger partial charge >= 0.3 is 0 Å². The van der Waals surface area contributed by atoms with E-state index in [4.69, 9.17) is 31.9 Å². The average molecular weight is 856 g/mol. The fourth-order valence-corrected chi connectivity index (χ4v) is 7.03. The first-order chi connectivity index (χ1) is 30.4. The summed E-state index contributed by atoms with van der Waals surface area (Å²) in [5, 5.41) is 19.9. The molecule has 4 atom stereocenters. The second-order valence-corrected chi connectivity index (χ2v) is 14.8. The molecule has 0 aliphatic carbocycles. The SMILES string of the molecule is Cc1cc(C#Cc2ccccc2)ccc1C(=O)N[C@@H](CCN)C(=O)N(C)[C@@H]1C(=O)N[C@@H](C)C(=O)N[C@H](C(=O)NCC#N)Cc2ccc(OCCN)c(c2)-c2cc1ccc2OCCN. The summed E-state index contributed by atoms with van der Waals surface area (Å²) in [6.07, 6.45) is 0.0371. The summed E-state index contributed by atoms with van der Waals surface area (Å²) in [5.74, 6) is 3.77. The molecule has 16 nitrogen and oxygen atoms in total. The number of nitrogens with one attached hydrogen (secondary N) is 4. The van der Waals surface area contributed by atoms with Crippen LogP contribution in [0, 0.1) is 30.1 Å². The highest BCUT2D eigenvalue weighted by Gasteiger charge is 2.36. The molecule has 16 heteroatoms. The van der Waals surface area contributed by atoms with E-state index in [1.54, 1.807) is 61.5 Å². The first kappa shape index (κ1) is 46.8. The van der Waals surface area contributed by atoms with Crippen LogP contribution in [0.1, 0.15) is 57.6 Å². The third kappa shape index (κ3) is 12.2. The number of nitrogens with zero attached hydrogens (tertiary/aromatic N) is 2. The van der Waals surface area contributed by atoms with Gasteiger partial charge in [0.05, 0.1) is 6.07 Å². The van der Waals surface area contributed by atoms with Crippen LogP contribution >= 0.6 is 0 Å². The number of fused-ring (bicyclic) bond motifs is 5. The Hall–Kier alpha value is -7.24. The molecule has 0 radical (unpaired) electrons. The zero-order valence-electron chi connectivity index (χ0n) is 35.5. The highest BCUT2D eigenvalue weighted by atomic mass is 16.5. The number of carbonyl (C=O) groups excluding carboxylic acids is 5. The summed E-state index contributed by atoms with van der Waals surface area (Å²) in [7, 11) is 1.42. The topological polar surface area (TPSA) is 257 Å².